The van der Waals surface area contributed by atoms with Crippen molar-refractivity contribution in [1.82, 2.24) is 24.4 Å². The first-order chi connectivity index (χ1) is 17.2. The van der Waals surface area contributed by atoms with Gasteiger partial charge in [-0.05, 0) is 66.0 Å². The summed E-state index contributed by atoms with van der Waals surface area (Å²) >= 11 is 3.32. The van der Waals surface area contributed by atoms with Gasteiger partial charge in [0.15, 0.2) is 0 Å². The molecule has 0 spiro atoms. The Labute approximate surface area is 216 Å². The number of hydrogen-bond donors (Lipinski definition) is 2. The van der Waals surface area contributed by atoms with Crippen LogP contribution in [0.2, 0.25) is 0 Å². The number of carbonyl (C=O) groups excluding carboxylic acids is 2. The number of likely N-dealkylation sites (tertiary alicyclic amines) is 1. The fourth-order valence-corrected chi connectivity index (χ4v) is 5.27. The first-order valence-corrected chi connectivity index (χ1v) is 12.5. The van der Waals surface area contributed by atoms with Gasteiger partial charge in [0.25, 0.3) is 0 Å². The minimum Gasteiger partial charge on any atom is -0.383 e. The third-order valence-corrected chi connectivity index (χ3v) is 7.13. The van der Waals surface area contributed by atoms with Gasteiger partial charge in [-0.2, -0.15) is 0 Å². The first kappa shape index (κ1) is 24.0. The van der Waals surface area contributed by atoms with Crippen molar-refractivity contribution in [2.24, 2.45) is 0 Å². The molecule has 4 heterocycles. The fraction of sp³-hybridized carbons (Fsp3) is 0.320. The Balaban J connectivity index is 1.48. The van der Waals surface area contributed by atoms with E-state index in [9.17, 15) is 9.59 Å². The molecule has 186 valence electrons. The van der Waals surface area contributed by atoms with Crippen LogP contribution < -0.4 is 16.0 Å². The van der Waals surface area contributed by atoms with E-state index in [2.05, 4.69) is 36.2 Å². The van der Waals surface area contributed by atoms with Gasteiger partial charge in [-0.3, -0.25) is 9.59 Å². The molecule has 3 aromatic heterocycles. The van der Waals surface area contributed by atoms with Crippen molar-refractivity contribution in [3.63, 3.8) is 0 Å². The van der Waals surface area contributed by atoms with Gasteiger partial charge in [0, 0.05) is 31.2 Å². The minimum absolute atomic E-state index is 0.0288. The number of nitrogens with zero attached hydrogens (tertiary/aromatic N) is 6. The highest BCUT2D eigenvalue weighted by molar-refractivity contribution is 9.10. The lowest BCUT2D eigenvalue weighted by atomic mass is 10.2. The van der Waals surface area contributed by atoms with E-state index in [1.807, 2.05) is 48.7 Å². The maximum absolute atomic E-state index is 13.7. The molecular weight excluding hydrogens is 524 g/mol. The van der Waals surface area contributed by atoms with E-state index in [4.69, 9.17) is 5.73 Å². The van der Waals surface area contributed by atoms with Gasteiger partial charge >= 0.3 is 0 Å². The van der Waals surface area contributed by atoms with Crippen LogP contribution in [0.15, 0.2) is 47.3 Å². The molecule has 3 N–H and O–H groups in total. The number of carbonyl (C=O) groups is 2. The maximum Gasteiger partial charge on any atom is 0.248 e. The van der Waals surface area contributed by atoms with Crippen LogP contribution in [0.5, 0.6) is 0 Å². The molecule has 0 radical (unpaired) electrons. The molecule has 1 aromatic carbocycles. The molecule has 36 heavy (non-hydrogen) atoms. The van der Waals surface area contributed by atoms with Gasteiger partial charge in [0.2, 0.25) is 11.8 Å². The molecule has 1 saturated heterocycles. The lowest BCUT2D eigenvalue weighted by molar-refractivity contribution is -0.138. The molecule has 0 saturated carbocycles. The van der Waals surface area contributed by atoms with Gasteiger partial charge in [-0.1, -0.05) is 6.07 Å². The van der Waals surface area contributed by atoms with Crippen LogP contribution in [0.4, 0.5) is 17.3 Å². The zero-order chi connectivity index (χ0) is 25.6. The molecule has 1 aliphatic rings. The van der Waals surface area contributed by atoms with Crippen LogP contribution in [0.25, 0.3) is 21.9 Å². The number of aromatic nitrogens is 4. The average Bonchev–Trinajstić information content (AvgIpc) is 3.37. The molecule has 4 aromatic rings. The SMILES string of the molecule is C[C@@H]1CC[C@@H](C(=O)Nc2cccc(Br)n2)N1C(=O)Cn1c2ccc(N(C)C)cc2c2c(N)ncnc21. The Morgan fingerprint density at radius 2 is 2.00 bits per heavy atom. The number of benzene rings is 1. The number of pyridine rings is 1. The number of nitrogens with one attached hydrogen (secondary N) is 1. The second kappa shape index (κ2) is 9.38. The Morgan fingerprint density at radius 3 is 2.75 bits per heavy atom. The van der Waals surface area contributed by atoms with Gasteiger partial charge in [-0.15, -0.1) is 0 Å². The second-order valence-corrected chi connectivity index (χ2v) is 10.0. The molecule has 5 rings (SSSR count). The van der Waals surface area contributed by atoms with Crippen molar-refractivity contribution in [2.75, 3.05) is 30.0 Å². The van der Waals surface area contributed by atoms with Crippen molar-refractivity contribution in [2.45, 2.75) is 38.4 Å². The Bertz CT molecular complexity index is 1480. The van der Waals surface area contributed by atoms with E-state index in [1.165, 1.54) is 6.33 Å². The Hall–Kier alpha value is -3.73. The number of anilines is 3. The van der Waals surface area contributed by atoms with Crippen LogP contribution in [0, 0.1) is 0 Å². The molecule has 10 nitrogen and oxygen atoms in total. The average molecular weight is 551 g/mol. The van der Waals surface area contributed by atoms with Crippen LogP contribution in [0.3, 0.4) is 0 Å². The largest absolute Gasteiger partial charge is 0.383 e. The van der Waals surface area contributed by atoms with Gasteiger partial charge in [-0.25, -0.2) is 15.0 Å². The molecular formula is C25H27BrN8O2. The summed E-state index contributed by atoms with van der Waals surface area (Å²) in [6.07, 6.45) is 2.73. The van der Waals surface area contributed by atoms with Crippen LogP contribution >= 0.6 is 15.9 Å². The molecule has 2 amide bonds. The van der Waals surface area contributed by atoms with Gasteiger partial charge in [0.1, 0.15) is 40.8 Å². The van der Waals surface area contributed by atoms with Crippen molar-refractivity contribution in [3.05, 3.63) is 47.3 Å². The molecule has 0 aliphatic carbocycles. The number of amides is 2. The van der Waals surface area contributed by atoms with Crippen molar-refractivity contribution >= 4 is 67.0 Å². The van der Waals surface area contributed by atoms with E-state index in [0.29, 0.717) is 33.7 Å². The number of nitrogens with two attached hydrogens (primary N) is 1. The summed E-state index contributed by atoms with van der Waals surface area (Å²) in [4.78, 5) is 43.5. The number of rotatable bonds is 5. The number of halogens is 1. The summed E-state index contributed by atoms with van der Waals surface area (Å²) in [5.41, 5.74) is 8.68. The van der Waals surface area contributed by atoms with Crippen LogP contribution in [0.1, 0.15) is 19.8 Å². The predicted octanol–water partition coefficient (Wildman–Crippen LogP) is 3.41. The Kier molecular flexibility index (Phi) is 6.25. The summed E-state index contributed by atoms with van der Waals surface area (Å²) in [7, 11) is 3.93. The minimum atomic E-state index is -0.582. The number of fused-ring (bicyclic) bond motifs is 3. The number of hydrogen-bond acceptors (Lipinski definition) is 7. The van der Waals surface area contributed by atoms with Crippen molar-refractivity contribution in [1.29, 1.82) is 0 Å². The molecule has 1 fully saturated rings. The topological polar surface area (TPSA) is 122 Å². The molecule has 11 heteroatoms. The highest BCUT2D eigenvalue weighted by atomic mass is 79.9. The van der Waals surface area contributed by atoms with Crippen LogP contribution in [-0.2, 0) is 16.1 Å². The molecule has 0 bridgehead atoms. The predicted molar refractivity (Wildman–Crippen MR) is 144 cm³/mol. The van der Waals surface area contributed by atoms with E-state index in [0.717, 1.165) is 23.0 Å². The van der Waals surface area contributed by atoms with E-state index < -0.39 is 6.04 Å². The highest BCUT2D eigenvalue weighted by Gasteiger charge is 2.39. The van der Waals surface area contributed by atoms with Crippen LogP contribution in [-0.4, -0.2) is 62.4 Å². The Morgan fingerprint density at radius 1 is 1.19 bits per heavy atom. The zero-order valence-corrected chi connectivity index (χ0v) is 21.9. The molecule has 0 unspecified atom stereocenters. The fourth-order valence-electron chi connectivity index (χ4n) is 4.93. The monoisotopic (exact) mass is 550 g/mol. The summed E-state index contributed by atoms with van der Waals surface area (Å²) in [5.74, 6) is 0.394. The first-order valence-electron chi connectivity index (χ1n) is 11.7. The quantitative estimate of drug-likeness (QED) is 0.365. The summed E-state index contributed by atoms with van der Waals surface area (Å²) in [6, 6.07) is 10.6. The van der Waals surface area contributed by atoms with Gasteiger partial charge < -0.3 is 25.4 Å². The molecule has 1 aliphatic heterocycles. The third-order valence-electron chi connectivity index (χ3n) is 6.69. The van der Waals surface area contributed by atoms with E-state index in [1.54, 1.807) is 23.1 Å². The normalized spacial score (nSPS) is 17.6. The molecule has 2 atom stereocenters. The zero-order valence-electron chi connectivity index (χ0n) is 20.3. The van der Waals surface area contributed by atoms with E-state index >= 15 is 0 Å². The lowest BCUT2D eigenvalue weighted by Crippen LogP contribution is -2.47. The standard InChI is InChI=1S/C25H27BrN8O2/c1-14-7-9-18(25(36)31-20-6-4-5-19(26)30-20)34(14)21(35)12-33-17-10-8-15(32(2)3)11-16(17)22-23(27)28-13-29-24(22)33/h4-6,8,10-11,13-14,18H,7,9,12H2,1-3H3,(H2,27,28,29)(H,30,31,36)/t14-,18+/m1/s1. The number of nitrogen functional groups attached to an aromatic ring is 1. The lowest BCUT2D eigenvalue weighted by Gasteiger charge is -2.28. The third kappa shape index (κ3) is 4.23. The van der Waals surface area contributed by atoms with E-state index in [-0.39, 0.29) is 24.4 Å². The summed E-state index contributed by atoms with van der Waals surface area (Å²) in [6.45, 7) is 2.00. The van der Waals surface area contributed by atoms with Crippen molar-refractivity contribution in [3.8, 4) is 0 Å². The summed E-state index contributed by atoms with van der Waals surface area (Å²) < 4.78 is 2.48. The van der Waals surface area contributed by atoms with Crippen molar-refractivity contribution < 1.29 is 9.59 Å². The second-order valence-electron chi connectivity index (χ2n) is 9.22. The maximum atomic E-state index is 13.7. The smallest absolute Gasteiger partial charge is 0.248 e. The van der Waals surface area contributed by atoms with Gasteiger partial charge in [0.05, 0.1) is 10.9 Å². The summed E-state index contributed by atoms with van der Waals surface area (Å²) in [5, 5.41) is 4.45. The highest BCUT2D eigenvalue weighted by Crippen LogP contribution is 2.34.